The fourth-order valence-electron chi connectivity index (χ4n) is 3.04. The fraction of sp³-hybridized carbons (Fsp3) is 0.273. The SMILES string of the molecule is CCCc1c(OC(=O)NCCc2ccccc2C)cnn1-c1ccc(Cl)cc1. The summed E-state index contributed by atoms with van der Waals surface area (Å²) >= 11 is 5.97. The zero-order valence-electron chi connectivity index (χ0n) is 16.1. The minimum Gasteiger partial charge on any atom is -0.407 e. The smallest absolute Gasteiger partial charge is 0.407 e. The molecule has 0 fully saturated rings. The predicted molar refractivity (Wildman–Crippen MR) is 111 cm³/mol. The molecule has 0 saturated heterocycles. The van der Waals surface area contributed by atoms with Crippen molar-refractivity contribution in [2.75, 3.05) is 6.54 Å². The molecule has 1 N–H and O–H groups in total. The van der Waals surface area contributed by atoms with Crippen LogP contribution in [0.4, 0.5) is 4.79 Å². The number of benzene rings is 2. The summed E-state index contributed by atoms with van der Waals surface area (Å²) in [5, 5.41) is 7.88. The quantitative estimate of drug-likeness (QED) is 0.602. The van der Waals surface area contributed by atoms with Crippen molar-refractivity contribution in [2.24, 2.45) is 0 Å². The number of carbonyl (C=O) groups excluding carboxylic acids is 1. The summed E-state index contributed by atoms with van der Waals surface area (Å²) in [4.78, 5) is 12.2. The van der Waals surface area contributed by atoms with Crippen LogP contribution in [0.1, 0.15) is 30.2 Å². The maximum Gasteiger partial charge on any atom is 0.412 e. The molecular formula is C22H24ClN3O2. The second kappa shape index (κ2) is 9.42. The van der Waals surface area contributed by atoms with Gasteiger partial charge in [0.25, 0.3) is 0 Å². The number of halogens is 1. The molecule has 1 amide bonds. The molecule has 3 rings (SSSR count). The average molecular weight is 398 g/mol. The zero-order valence-corrected chi connectivity index (χ0v) is 16.9. The lowest BCUT2D eigenvalue weighted by Gasteiger charge is -2.10. The second-order valence-corrected chi connectivity index (χ2v) is 7.02. The van der Waals surface area contributed by atoms with Crippen LogP contribution in [-0.4, -0.2) is 22.4 Å². The van der Waals surface area contributed by atoms with E-state index in [1.54, 1.807) is 10.9 Å². The van der Waals surface area contributed by atoms with Gasteiger partial charge in [-0.15, -0.1) is 0 Å². The highest BCUT2D eigenvalue weighted by Crippen LogP contribution is 2.24. The second-order valence-electron chi connectivity index (χ2n) is 6.59. The largest absolute Gasteiger partial charge is 0.412 e. The summed E-state index contributed by atoms with van der Waals surface area (Å²) in [6.07, 6.45) is 3.52. The van der Waals surface area contributed by atoms with Gasteiger partial charge in [-0.1, -0.05) is 49.2 Å². The van der Waals surface area contributed by atoms with Gasteiger partial charge in [0.1, 0.15) is 0 Å². The molecule has 0 aliphatic heterocycles. The number of ether oxygens (including phenoxy) is 1. The van der Waals surface area contributed by atoms with Crippen LogP contribution < -0.4 is 10.1 Å². The minimum absolute atomic E-state index is 0.471. The van der Waals surface area contributed by atoms with Gasteiger partial charge >= 0.3 is 6.09 Å². The average Bonchev–Trinajstić information content (AvgIpc) is 3.06. The molecule has 0 radical (unpaired) electrons. The molecule has 0 aliphatic rings. The number of amides is 1. The molecule has 28 heavy (non-hydrogen) atoms. The topological polar surface area (TPSA) is 56.1 Å². The Labute approximate surface area is 170 Å². The number of carbonyl (C=O) groups is 1. The van der Waals surface area contributed by atoms with Crippen LogP contribution in [0, 0.1) is 6.92 Å². The molecule has 0 spiro atoms. The van der Waals surface area contributed by atoms with Gasteiger partial charge in [0.15, 0.2) is 5.75 Å². The molecule has 0 unspecified atom stereocenters. The lowest BCUT2D eigenvalue weighted by atomic mass is 10.1. The number of hydrogen-bond donors (Lipinski definition) is 1. The molecule has 0 saturated carbocycles. The number of nitrogens with one attached hydrogen (secondary N) is 1. The van der Waals surface area contributed by atoms with Crippen LogP contribution in [0.15, 0.2) is 54.7 Å². The van der Waals surface area contributed by atoms with Crippen LogP contribution in [0.3, 0.4) is 0 Å². The normalized spacial score (nSPS) is 10.7. The number of rotatable bonds is 7. The van der Waals surface area contributed by atoms with E-state index in [1.165, 1.54) is 11.1 Å². The Bertz CT molecular complexity index is 935. The molecule has 1 heterocycles. The zero-order chi connectivity index (χ0) is 19.9. The van der Waals surface area contributed by atoms with Gasteiger partial charge in [-0.2, -0.15) is 5.10 Å². The lowest BCUT2D eigenvalue weighted by molar-refractivity contribution is 0.200. The molecule has 146 valence electrons. The van der Waals surface area contributed by atoms with E-state index in [1.807, 2.05) is 36.4 Å². The summed E-state index contributed by atoms with van der Waals surface area (Å²) in [5.41, 5.74) is 4.17. The fourth-order valence-corrected chi connectivity index (χ4v) is 3.17. The summed E-state index contributed by atoms with van der Waals surface area (Å²) in [7, 11) is 0. The van der Waals surface area contributed by atoms with Crippen molar-refractivity contribution in [1.29, 1.82) is 0 Å². The van der Waals surface area contributed by atoms with Crippen molar-refractivity contribution >= 4 is 17.7 Å². The first-order valence-corrected chi connectivity index (χ1v) is 9.79. The number of aromatic nitrogens is 2. The van der Waals surface area contributed by atoms with E-state index in [2.05, 4.69) is 36.4 Å². The van der Waals surface area contributed by atoms with E-state index in [9.17, 15) is 4.79 Å². The molecule has 1 aromatic heterocycles. The third kappa shape index (κ3) is 4.93. The van der Waals surface area contributed by atoms with Crippen molar-refractivity contribution < 1.29 is 9.53 Å². The molecule has 0 bridgehead atoms. The van der Waals surface area contributed by atoms with E-state index in [4.69, 9.17) is 16.3 Å². The summed E-state index contributed by atoms with van der Waals surface area (Å²) in [5.74, 6) is 0.477. The van der Waals surface area contributed by atoms with E-state index < -0.39 is 6.09 Å². The van der Waals surface area contributed by atoms with E-state index in [-0.39, 0.29) is 0 Å². The van der Waals surface area contributed by atoms with E-state index in [0.717, 1.165) is 30.6 Å². The Hall–Kier alpha value is -2.79. The van der Waals surface area contributed by atoms with Crippen molar-refractivity contribution in [1.82, 2.24) is 15.1 Å². The molecule has 0 aliphatic carbocycles. The number of aryl methyl sites for hydroxylation is 1. The Balaban J connectivity index is 1.65. The number of nitrogens with zero attached hydrogens (tertiary/aromatic N) is 2. The van der Waals surface area contributed by atoms with Crippen molar-refractivity contribution in [2.45, 2.75) is 33.1 Å². The maximum atomic E-state index is 12.2. The van der Waals surface area contributed by atoms with Crippen LogP contribution >= 0.6 is 11.6 Å². The van der Waals surface area contributed by atoms with Crippen molar-refractivity contribution in [3.8, 4) is 11.4 Å². The van der Waals surface area contributed by atoms with Gasteiger partial charge in [-0.05, 0) is 55.2 Å². The summed E-state index contributed by atoms with van der Waals surface area (Å²) < 4.78 is 7.32. The third-order valence-electron chi connectivity index (χ3n) is 4.52. The standard InChI is InChI=1S/C22H24ClN3O2/c1-3-6-20-21(15-25-26(20)19-11-9-18(23)10-12-19)28-22(27)24-14-13-17-8-5-4-7-16(17)2/h4-5,7-12,15H,3,6,13-14H2,1-2H3,(H,24,27). The number of hydrogen-bond acceptors (Lipinski definition) is 3. The van der Waals surface area contributed by atoms with Crippen LogP contribution in [0.2, 0.25) is 5.02 Å². The van der Waals surface area contributed by atoms with Gasteiger partial charge in [-0.25, -0.2) is 9.48 Å². The summed E-state index contributed by atoms with van der Waals surface area (Å²) in [6.45, 7) is 4.65. The van der Waals surface area contributed by atoms with Crippen LogP contribution in [0.5, 0.6) is 5.75 Å². The van der Waals surface area contributed by atoms with Gasteiger partial charge in [0.05, 0.1) is 17.6 Å². The molecular weight excluding hydrogens is 374 g/mol. The Morgan fingerprint density at radius 3 is 2.61 bits per heavy atom. The highest BCUT2D eigenvalue weighted by molar-refractivity contribution is 6.30. The molecule has 5 nitrogen and oxygen atoms in total. The lowest BCUT2D eigenvalue weighted by Crippen LogP contribution is -2.29. The highest BCUT2D eigenvalue weighted by atomic mass is 35.5. The third-order valence-corrected chi connectivity index (χ3v) is 4.77. The maximum absolute atomic E-state index is 12.2. The van der Waals surface area contributed by atoms with Crippen LogP contribution in [0.25, 0.3) is 5.69 Å². The van der Waals surface area contributed by atoms with Gasteiger partial charge in [-0.3, -0.25) is 0 Å². The molecule has 6 heteroatoms. The van der Waals surface area contributed by atoms with Gasteiger partial charge in [0.2, 0.25) is 0 Å². The molecule has 2 aromatic carbocycles. The molecule has 0 atom stereocenters. The highest BCUT2D eigenvalue weighted by Gasteiger charge is 2.16. The van der Waals surface area contributed by atoms with E-state index >= 15 is 0 Å². The Morgan fingerprint density at radius 2 is 1.89 bits per heavy atom. The summed E-state index contributed by atoms with van der Waals surface area (Å²) in [6, 6.07) is 15.5. The van der Waals surface area contributed by atoms with Crippen molar-refractivity contribution in [3.05, 3.63) is 76.6 Å². The van der Waals surface area contributed by atoms with E-state index in [0.29, 0.717) is 17.3 Å². The molecule has 3 aromatic rings. The predicted octanol–water partition coefficient (Wildman–Crippen LogP) is 5.12. The van der Waals surface area contributed by atoms with Crippen LogP contribution in [-0.2, 0) is 12.8 Å². The monoisotopic (exact) mass is 397 g/mol. The van der Waals surface area contributed by atoms with Crippen molar-refractivity contribution in [3.63, 3.8) is 0 Å². The first-order chi connectivity index (χ1) is 13.6. The Morgan fingerprint density at radius 1 is 1.14 bits per heavy atom. The first-order valence-electron chi connectivity index (χ1n) is 9.41. The van der Waals surface area contributed by atoms with Gasteiger partial charge in [0, 0.05) is 11.6 Å². The van der Waals surface area contributed by atoms with Gasteiger partial charge < -0.3 is 10.1 Å². The first kappa shape index (κ1) is 20.0. The minimum atomic E-state index is -0.471. The Kier molecular flexibility index (Phi) is 6.71.